The summed E-state index contributed by atoms with van der Waals surface area (Å²) in [6.07, 6.45) is 0. The predicted octanol–water partition coefficient (Wildman–Crippen LogP) is 0.317. The van der Waals surface area contributed by atoms with E-state index in [2.05, 4.69) is 4.72 Å². The van der Waals surface area contributed by atoms with E-state index in [0.29, 0.717) is 0 Å². The van der Waals surface area contributed by atoms with Crippen LogP contribution in [0, 0.1) is 19.8 Å². The van der Waals surface area contributed by atoms with Crippen molar-refractivity contribution in [2.75, 3.05) is 6.61 Å². The quantitative estimate of drug-likeness (QED) is 0.447. The van der Waals surface area contributed by atoms with Crippen LogP contribution >= 0.6 is 0 Å². The van der Waals surface area contributed by atoms with Gasteiger partial charge in [-0.25, -0.2) is 8.42 Å². The molecule has 1 aromatic rings. The van der Waals surface area contributed by atoms with Crippen molar-refractivity contribution >= 4 is 27.8 Å². The fraction of sp³-hybridized carbons (Fsp3) is 0.471. The van der Waals surface area contributed by atoms with E-state index >= 15 is 0 Å². The van der Waals surface area contributed by atoms with Crippen molar-refractivity contribution in [1.82, 2.24) is 15.6 Å². The fourth-order valence-corrected chi connectivity index (χ4v) is 3.41. The molecule has 1 rings (SSSR count). The zero-order valence-corrected chi connectivity index (χ0v) is 16.8. The van der Waals surface area contributed by atoms with Crippen molar-refractivity contribution < 1.29 is 27.5 Å². The molecule has 0 spiro atoms. The van der Waals surface area contributed by atoms with Gasteiger partial charge in [-0.3, -0.25) is 25.2 Å². The summed E-state index contributed by atoms with van der Waals surface area (Å²) in [7, 11) is -3.96. The number of benzene rings is 1. The van der Waals surface area contributed by atoms with Crippen molar-refractivity contribution in [2.45, 2.75) is 45.6 Å². The van der Waals surface area contributed by atoms with Crippen LogP contribution < -0.4 is 15.6 Å². The minimum Gasteiger partial charge on any atom is -0.454 e. The number of sulfonamides is 1. The number of hydrogen-bond donors (Lipinski definition) is 3. The largest absolute Gasteiger partial charge is 0.454 e. The maximum atomic E-state index is 12.6. The van der Waals surface area contributed by atoms with Crippen molar-refractivity contribution in [1.29, 1.82) is 0 Å². The van der Waals surface area contributed by atoms with Crippen LogP contribution in [0.4, 0.5) is 0 Å². The van der Waals surface area contributed by atoms with Crippen LogP contribution in [0.1, 0.15) is 31.9 Å². The van der Waals surface area contributed by atoms with E-state index < -0.39 is 46.4 Å². The maximum Gasteiger partial charge on any atom is 0.324 e. The molecule has 3 N–H and O–H groups in total. The minimum absolute atomic E-state index is 0.0347. The first kappa shape index (κ1) is 22.6. The Hall–Kier alpha value is -2.46. The third-order valence-electron chi connectivity index (χ3n) is 3.71. The first-order chi connectivity index (χ1) is 12.4. The summed E-state index contributed by atoms with van der Waals surface area (Å²) in [5.74, 6) is -2.55. The van der Waals surface area contributed by atoms with Crippen LogP contribution in [0.25, 0.3) is 0 Å². The molecule has 27 heavy (non-hydrogen) atoms. The average molecular weight is 399 g/mol. The molecule has 0 aliphatic rings. The average Bonchev–Trinajstić information content (AvgIpc) is 2.57. The predicted molar refractivity (Wildman–Crippen MR) is 97.8 cm³/mol. The van der Waals surface area contributed by atoms with Crippen molar-refractivity contribution in [3.05, 3.63) is 29.3 Å². The standard InChI is InChI=1S/C17H25N3O6S/c1-10(2)16(17(23)26-9-15(22)19-18-13(5)21)20-27(24,25)14-7-6-11(3)12(4)8-14/h6-8,10,16,20H,9H2,1-5H3,(H,18,21)(H,19,22)/t16-/m1/s1. The summed E-state index contributed by atoms with van der Waals surface area (Å²) in [4.78, 5) is 34.5. The van der Waals surface area contributed by atoms with E-state index in [4.69, 9.17) is 4.74 Å². The van der Waals surface area contributed by atoms with Crippen LogP contribution in [0.2, 0.25) is 0 Å². The van der Waals surface area contributed by atoms with Gasteiger partial charge < -0.3 is 4.74 Å². The number of carbonyl (C=O) groups is 3. The number of rotatable bonds is 7. The fourth-order valence-electron chi connectivity index (χ4n) is 1.99. The number of hydrogen-bond acceptors (Lipinski definition) is 6. The molecule has 0 saturated carbocycles. The van der Waals surface area contributed by atoms with Gasteiger partial charge >= 0.3 is 5.97 Å². The lowest BCUT2D eigenvalue weighted by atomic mass is 10.1. The Bertz CT molecular complexity index is 820. The van der Waals surface area contributed by atoms with Gasteiger partial charge in [0.05, 0.1) is 4.90 Å². The monoisotopic (exact) mass is 399 g/mol. The molecule has 1 atom stereocenters. The van der Waals surface area contributed by atoms with Crippen molar-refractivity contribution in [2.24, 2.45) is 5.92 Å². The van der Waals surface area contributed by atoms with Crippen LogP contribution in [0.3, 0.4) is 0 Å². The zero-order valence-electron chi connectivity index (χ0n) is 16.0. The number of esters is 1. The molecule has 1 aromatic carbocycles. The molecule has 0 bridgehead atoms. The second-order valence-electron chi connectivity index (χ2n) is 6.43. The molecular weight excluding hydrogens is 374 g/mol. The van der Waals surface area contributed by atoms with Gasteiger partial charge in [-0.2, -0.15) is 4.72 Å². The van der Waals surface area contributed by atoms with Crippen LogP contribution in [-0.2, 0) is 29.1 Å². The summed E-state index contributed by atoms with van der Waals surface area (Å²) < 4.78 is 32.4. The number of carbonyl (C=O) groups excluding carboxylic acids is 3. The zero-order chi connectivity index (χ0) is 20.8. The highest BCUT2D eigenvalue weighted by molar-refractivity contribution is 7.89. The highest BCUT2D eigenvalue weighted by Crippen LogP contribution is 2.16. The van der Waals surface area contributed by atoms with Crippen LogP contribution in [0.15, 0.2) is 23.1 Å². The first-order valence-corrected chi connectivity index (χ1v) is 9.74. The molecule has 0 aliphatic carbocycles. The molecule has 0 aromatic heterocycles. The summed E-state index contributed by atoms with van der Waals surface area (Å²) in [6, 6.07) is 3.47. The Labute approximate surface area is 158 Å². The molecular formula is C17H25N3O6S. The number of nitrogens with one attached hydrogen (secondary N) is 3. The molecule has 0 fully saturated rings. The van der Waals surface area contributed by atoms with Crippen molar-refractivity contribution in [3.8, 4) is 0 Å². The van der Waals surface area contributed by atoms with E-state index in [0.717, 1.165) is 11.1 Å². The Morgan fingerprint density at radius 1 is 1.07 bits per heavy atom. The van der Waals surface area contributed by atoms with Gasteiger partial charge in [0.2, 0.25) is 15.9 Å². The highest BCUT2D eigenvalue weighted by atomic mass is 32.2. The molecule has 0 unspecified atom stereocenters. The molecule has 9 nitrogen and oxygen atoms in total. The van der Waals surface area contributed by atoms with Crippen LogP contribution in [0.5, 0.6) is 0 Å². The Kier molecular flexibility index (Phi) is 7.92. The van der Waals surface area contributed by atoms with E-state index in [-0.39, 0.29) is 4.90 Å². The Morgan fingerprint density at radius 3 is 2.22 bits per heavy atom. The lowest BCUT2D eigenvalue weighted by molar-refractivity contribution is -0.151. The SMILES string of the molecule is CC(=O)NNC(=O)COC(=O)[C@H](NS(=O)(=O)c1ccc(C)c(C)c1)C(C)C. The summed E-state index contributed by atoms with van der Waals surface area (Å²) in [6.45, 7) is 7.48. The first-order valence-electron chi connectivity index (χ1n) is 8.25. The second-order valence-corrected chi connectivity index (χ2v) is 8.14. The molecule has 0 radical (unpaired) electrons. The number of aryl methyl sites for hydroxylation is 2. The van der Waals surface area contributed by atoms with Gasteiger partial charge in [0, 0.05) is 6.92 Å². The lowest BCUT2D eigenvalue weighted by Crippen LogP contribution is -2.47. The van der Waals surface area contributed by atoms with Gasteiger partial charge in [-0.05, 0) is 43.0 Å². The molecule has 150 valence electrons. The normalized spacial score (nSPS) is 12.4. The number of amides is 2. The van der Waals surface area contributed by atoms with Crippen LogP contribution in [-0.4, -0.2) is 38.9 Å². The molecule has 10 heteroatoms. The van der Waals surface area contributed by atoms with E-state index in [1.165, 1.54) is 19.1 Å². The summed E-state index contributed by atoms with van der Waals surface area (Å²) >= 11 is 0. The van der Waals surface area contributed by atoms with Gasteiger partial charge in [0.15, 0.2) is 6.61 Å². The molecule has 0 aliphatic heterocycles. The van der Waals surface area contributed by atoms with E-state index in [9.17, 15) is 22.8 Å². The van der Waals surface area contributed by atoms with E-state index in [1.54, 1.807) is 26.8 Å². The van der Waals surface area contributed by atoms with Crippen molar-refractivity contribution in [3.63, 3.8) is 0 Å². The summed E-state index contributed by atoms with van der Waals surface area (Å²) in [5, 5.41) is 0. The van der Waals surface area contributed by atoms with E-state index in [1.807, 2.05) is 17.8 Å². The third kappa shape index (κ3) is 6.99. The smallest absolute Gasteiger partial charge is 0.324 e. The maximum absolute atomic E-state index is 12.6. The second kappa shape index (κ2) is 9.47. The number of ether oxygens (including phenoxy) is 1. The van der Waals surface area contributed by atoms with Gasteiger partial charge in [-0.15, -0.1) is 0 Å². The third-order valence-corrected chi connectivity index (χ3v) is 5.15. The molecule has 2 amide bonds. The summed E-state index contributed by atoms with van der Waals surface area (Å²) in [5.41, 5.74) is 5.83. The molecule has 0 heterocycles. The number of hydrazine groups is 1. The van der Waals surface area contributed by atoms with Gasteiger partial charge in [0.1, 0.15) is 6.04 Å². The molecule has 0 saturated heterocycles. The van der Waals surface area contributed by atoms with Gasteiger partial charge in [-0.1, -0.05) is 19.9 Å². The Morgan fingerprint density at radius 2 is 1.70 bits per heavy atom. The minimum atomic E-state index is -3.96. The lowest BCUT2D eigenvalue weighted by Gasteiger charge is -2.21. The van der Waals surface area contributed by atoms with Gasteiger partial charge in [0.25, 0.3) is 5.91 Å². The topological polar surface area (TPSA) is 131 Å². The highest BCUT2D eigenvalue weighted by Gasteiger charge is 2.30. The Balaban J connectivity index is 2.82.